The molecule has 1 aromatic rings. The van der Waals surface area contributed by atoms with Crippen LogP contribution in [0.1, 0.15) is 26.3 Å². The van der Waals surface area contributed by atoms with E-state index in [0.717, 1.165) is 12.1 Å². The lowest BCUT2D eigenvalue weighted by atomic mass is 10.0. The Morgan fingerprint density at radius 2 is 2.06 bits per heavy atom. The maximum absolute atomic E-state index is 11.7. The summed E-state index contributed by atoms with van der Waals surface area (Å²) in [5.74, 6) is -0.00957. The van der Waals surface area contributed by atoms with Crippen LogP contribution >= 0.6 is 0 Å². The summed E-state index contributed by atoms with van der Waals surface area (Å²) >= 11 is 0. The summed E-state index contributed by atoms with van der Waals surface area (Å²) in [4.78, 5) is 13.8. The number of para-hydroxylation sites is 1. The largest absolute Gasteiger partial charge is 0.368 e. The highest BCUT2D eigenvalue weighted by molar-refractivity contribution is 5.85. The fourth-order valence-electron chi connectivity index (χ4n) is 2.80. The summed E-state index contributed by atoms with van der Waals surface area (Å²) in [5, 5.41) is 0. The van der Waals surface area contributed by atoms with Gasteiger partial charge in [0.25, 0.3) is 0 Å². The molecule has 1 amide bonds. The van der Waals surface area contributed by atoms with E-state index in [1.54, 1.807) is 0 Å². The first-order valence-electron chi connectivity index (χ1n) is 6.18. The summed E-state index contributed by atoms with van der Waals surface area (Å²) in [6, 6.07) is 8.40. The van der Waals surface area contributed by atoms with Gasteiger partial charge in [0.1, 0.15) is 6.04 Å². The van der Waals surface area contributed by atoms with Gasteiger partial charge in [0.05, 0.1) is 0 Å². The number of fused-ring (bicyclic) bond motifs is 1. The molecule has 0 fully saturated rings. The van der Waals surface area contributed by atoms with E-state index in [0.29, 0.717) is 6.04 Å². The Morgan fingerprint density at radius 3 is 2.65 bits per heavy atom. The smallest absolute Gasteiger partial charge is 0.240 e. The van der Waals surface area contributed by atoms with Crippen molar-refractivity contribution in [2.24, 2.45) is 11.7 Å². The van der Waals surface area contributed by atoms with E-state index in [9.17, 15) is 4.79 Å². The van der Waals surface area contributed by atoms with Crippen LogP contribution in [0.4, 0.5) is 5.69 Å². The standard InChI is InChI=1S/C14H20N2O/c1-9(2)13(14(15)17)16-10(3)8-11-6-4-5-7-12(11)16/h4-7,9-10,13H,8H2,1-3H3,(H2,15,17). The number of amides is 1. The van der Waals surface area contributed by atoms with Gasteiger partial charge in [-0.25, -0.2) is 0 Å². The monoisotopic (exact) mass is 232 g/mol. The second kappa shape index (κ2) is 4.40. The minimum Gasteiger partial charge on any atom is -0.368 e. The molecule has 1 heterocycles. The predicted molar refractivity (Wildman–Crippen MR) is 69.9 cm³/mol. The fraction of sp³-hybridized carbons (Fsp3) is 0.500. The molecule has 0 saturated heterocycles. The number of nitrogens with zero attached hydrogens (tertiary/aromatic N) is 1. The minimum atomic E-state index is -0.233. The van der Waals surface area contributed by atoms with Gasteiger partial charge in [0.2, 0.25) is 5.91 Å². The quantitative estimate of drug-likeness (QED) is 0.865. The van der Waals surface area contributed by atoms with Crippen molar-refractivity contribution < 1.29 is 4.79 Å². The molecule has 3 nitrogen and oxygen atoms in total. The average Bonchev–Trinajstić information content (AvgIpc) is 2.55. The number of nitrogens with two attached hydrogens (primary N) is 1. The fourth-order valence-corrected chi connectivity index (χ4v) is 2.80. The zero-order valence-electron chi connectivity index (χ0n) is 10.7. The molecule has 1 aliphatic heterocycles. The first-order valence-corrected chi connectivity index (χ1v) is 6.18. The average molecular weight is 232 g/mol. The second-order valence-corrected chi connectivity index (χ2v) is 5.18. The molecule has 2 N–H and O–H groups in total. The molecule has 0 saturated carbocycles. The highest BCUT2D eigenvalue weighted by atomic mass is 16.1. The topological polar surface area (TPSA) is 46.3 Å². The number of hydrogen-bond donors (Lipinski definition) is 1. The van der Waals surface area contributed by atoms with Crippen molar-refractivity contribution in [2.45, 2.75) is 39.3 Å². The van der Waals surface area contributed by atoms with Crippen LogP contribution in [0.5, 0.6) is 0 Å². The number of rotatable bonds is 3. The third kappa shape index (κ3) is 2.02. The molecule has 1 aliphatic rings. The summed E-state index contributed by atoms with van der Waals surface area (Å²) in [6.45, 7) is 6.24. The maximum atomic E-state index is 11.7. The Morgan fingerprint density at radius 1 is 1.41 bits per heavy atom. The van der Waals surface area contributed by atoms with Gasteiger partial charge in [0, 0.05) is 11.7 Å². The number of carbonyl (C=O) groups excluding carboxylic acids is 1. The summed E-state index contributed by atoms with van der Waals surface area (Å²) in [5.41, 5.74) is 8.03. The first kappa shape index (κ1) is 12.0. The van der Waals surface area contributed by atoms with Crippen molar-refractivity contribution in [3.05, 3.63) is 29.8 Å². The molecule has 0 bridgehead atoms. The predicted octanol–water partition coefficient (Wildman–Crippen LogP) is 1.95. The Kier molecular flexibility index (Phi) is 3.09. The van der Waals surface area contributed by atoms with Crippen molar-refractivity contribution in [3.8, 4) is 0 Å². The SMILES string of the molecule is CC(C)C(C(N)=O)N1c2ccccc2CC1C. The molecule has 0 spiro atoms. The molecule has 2 rings (SSSR count). The lowest BCUT2D eigenvalue weighted by Crippen LogP contribution is -2.50. The summed E-state index contributed by atoms with van der Waals surface area (Å²) in [7, 11) is 0. The van der Waals surface area contributed by atoms with Gasteiger partial charge < -0.3 is 10.6 Å². The van der Waals surface area contributed by atoms with E-state index >= 15 is 0 Å². The van der Waals surface area contributed by atoms with Crippen molar-refractivity contribution >= 4 is 11.6 Å². The van der Waals surface area contributed by atoms with Gasteiger partial charge in [0.15, 0.2) is 0 Å². The number of anilines is 1. The first-order chi connectivity index (χ1) is 8.02. The molecule has 0 radical (unpaired) electrons. The van der Waals surface area contributed by atoms with Gasteiger partial charge in [-0.15, -0.1) is 0 Å². The molecule has 0 aromatic heterocycles. The highest BCUT2D eigenvalue weighted by Crippen LogP contribution is 2.35. The Bertz CT molecular complexity index is 428. The lowest BCUT2D eigenvalue weighted by Gasteiger charge is -2.34. The number of hydrogen-bond acceptors (Lipinski definition) is 2. The van der Waals surface area contributed by atoms with Crippen LogP contribution in [0.3, 0.4) is 0 Å². The van der Waals surface area contributed by atoms with Crippen LogP contribution in [-0.2, 0) is 11.2 Å². The Balaban J connectivity index is 2.41. The van der Waals surface area contributed by atoms with Crippen molar-refractivity contribution in [3.63, 3.8) is 0 Å². The van der Waals surface area contributed by atoms with E-state index in [4.69, 9.17) is 5.73 Å². The molecular weight excluding hydrogens is 212 g/mol. The second-order valence-electron chi connectivity index (χ2n) is 5.18. The minimum absolute atomic E-state index is 0.214. The zero-order chi connectivity index (χ0) is 12.6. The van der Waals surface area contributed by atoms with Crippen LogP contribution in [0, 0.1) is 5.92 Å². The van der Waals surface area contributed by atoms with Crippen LogP contribution in [0.2, 0.25) is 0 Å². The molecule has 92 valence electrons. The van der Waals surface area contributed by atoms with Gasteiger partial charge in [-0.3, -0.25) is 4.79 Å². The molecule has 1 aromatic carbocycles. The number of primary amides is 1. The molecule has 3 heteroatoms. The van der Waals surface area contributed by atoms with E-state index < -0.39 is 0 Å². The number of carbonyl (C=O) groups is 1. The van der Waals surface area contributed by atoms with Crippen molar-refractivity contribution in [1.82, 2.24) is 0 Å². The Hall–Kier alpha value is -1.51. The van der Waals surface area contributed by atoms with E-state index in [1.807, 2.05) is 26.0 Å². The molecule has 2 unspecified atom stereocenters. The number of benzene rings is 1. The maximum Gasteiger partial charge on any atom is 0.240 e. The summed E-state index contributed by atoms with van der Waals surface area (Å²) < 4.78 is 0. The van der Waals surface area contributed by atoms with Gasteiger partial charge in [-0.2, -0.15) is 0 Å². The van der Waals surface area contributed by atoms with E-state index in [2.05, 4.69) is 24.0 Å². The highest BCUT2D eigenvalue weighted by Gasteiger charge is 2.35. The van der Waals surface area contributed by atoms with Gasteiger partial charge in [-0.05, 0) is 30.9 Å². The van der Waals surface area contributed by atoms with E-state index in [-0.39, 0.29) is 17.9 Å². The Labute approximate surface area is 103 Å². The molecule has 17 heavy (non-hydrogen) atoms. The van der Waals surface area contributed by atoms with Crippen LogP contribution < -0.4 is 10.6 Å². The van der Waals surface area contributed by atoms with E-state index in [1.165, 1.54) is 5.56 Å². The van der Waals surface area contributed by atoms with Crippen LogP contribution in [0.25, 0.3) is 0 Å². The van der Waals surface area contributed by atoms with Gasteiger partial charge >= 0.3 is 0 Å². The third-order valence-electron chi connectivity index (χ3n) is 3.48. The molecular formula is C14H20N2O. The van der Waals surface area contributed by atoms with Crippen molar-refractivity contribution in [2.75, 3.05) is 4.90 Å². The normalized spacial score (nSPS) is 20.5. The van der Waals surface area contributed by atoms with Crippen molar-refractivity contribution in [1.29, 1.82) is 0 Å². The van der Waals surface area contributed by atoms with Gasteiger partial charge in [-0.1, -0.05) is 32.0 Å². The van der Waals surface area contributed by atoms with Crippen LogP contribution in [-0.4, -0.2) is 18.0 Å². The lowest BCUT2D eigenvalue weighted by molar-refractivity contribution is -0.120. The van der Waals surface area contributed by atoms with Crippen LogP contribution in [0.15, 0.2) is 24.3 Å². The third-order valence-corrected chi connectivity index (χ3v) is 3.48. The summed E-state index contributed by atoms with van der Waals surface area (Å²) in [6.07, 6.45) is 0.993. The molecule has 0 aliphatic carbocycles. The zero-order valence-corrected chi connectivity index (χ0v) is 10.7. The molecule has 2 atom stereocenters.